The fourth-order valence-electron chi connectivity index (χ4n) is 0.808. The molecule has 0 radical (unpaired) electrons. The zero-order chi connectivity index (χ0) is 11.4. The first-order valence-corrected chi connectivity index (χ1v) is 7.57. The van der Waals surface area contributed by atoms with E-state index in [2.05, 4.69) is 29.5 Å². The Hall–Kier alpha value is 1.81. The van der Waals surface area contributed by atoms with Crippen LogP contribution in [0, 0.1) is 0 Å². The van der Waals surface area contributed by atoms with Crippen molar-refractivity contribution in [3.63, 3.8) is 0 Å². The molecule has 84 valence electrons. The Morgan fingerprint density at radius 1 is 1.29 bits per heavy atom. The van der Waals surface area contributed by atoms with Crippen LogP contribution in [0.3, 0.4) is 0 Å². The van der Waals surface area contributed by atoms with Crippen LogP contribution in [0.25, 0.3) is 0 Å². The summed E-state index contributed by atoms with van der Waals surface area (Å²) >= 11 is 6.04. The maximum atomic E-state index is 8.97. The SMILES string of the molecule is CCCCC(I)/C(I)=C(\I)C(O)(O)O. The first-order valence-electron chi connectivity index (χ1n) is 4.17. The lowest BCUT2D eigenvalue weighted by molar-refractivity contribution is -0.275. The van der Waals surface area contributed by atoms with Crippen LogP contribution in [-0.4, -0.2) is 25.2 Å². The number of hydrogen-bond acceptors (Lipinski definition) is 3. The van der Waals surface area contributed by atoms with E-state index < -0.39 is 5.97 Å². The first kappa shape index (κ1) is 15.8. The largest absolute Gasteiger partial charge is 0.339 e. The molecule has 0 bridgehead atoms. The zero-order valence-corrected chi connectivity index (χ0v) is 14.1. The third-order valence-electron chi connectivity index (χ3n) is 1.59. The summed E-state index contributed by atoms with van der Waals surface area (Å²) in [5.74, 6) is -2.69. The van der Waals surface area contributed by atoms with Crippen LogP contribution < -0.4 is 0 Å². The molecule has 0 saturated carbocycles. The number of unbranched alkanes of at least 4 members (excludes halogenated alkanes) is 1. The standard InChI is InChI=1S/C8H13I3O3/c1-2-3-4-5(9)6(10)7(11)8(12,13)14/h5,12-14H,2-4H2,1H3/b7-6+. The lowest BCUT2D eigenvalue weighted by Gasteiger charge is -2.18. The van der Waals surface area contributed by atoms with E-state index >= 15 is 0 Å². The smallest absolute Gasteiger partial charge is 0.311 e. The molecule has 0 rings (SSSR count). The van der Waals surface area contributed by atoms with Gasteiger partial charge in [-0.25, -0.2) is 0 Å². The molecule has 0 fully saturated rings. The van der Waals surface area contributed by atoms with Gasteiger partial charge >= 0.3 is 5.97 Å². The quantitative estimate of drug-likeness (QED) is 0.287. The van der Waals surface area contributed by atoms with Crippen LogP contribution >= 0.6 is 67.8 Å². The van der Waals surface area contributed by atoms with Gasteiger partial charge in [-0.2, -0.15) is 0 Å². The van der Waals surface area contributed by atoms with Crippen LogP contribution in [0.2, 0.25) is 0 Å². The van der Waals surface area contributed by atoms with Crippen molar-refractivity contribution in [2.75, 3.05) is 0 Å². The molecule has 0 aromatic rings. The van der Waals surface area contributed by atoms with Gasteiger partial charge in [-0.3, -0.25) is 0 Å². The number of rotatable bonds is 5. The number of aliphatic hydroxyl groups is 3. The Morgan fingerprint density at radius 3 is 2.14 bits per heavy atom. The zero-order valence-electron chi connectivity index (χ0n) is 7.67. The molecule has 6 heteroatoms. The molecule has 0 aromatic carbocycles. The highest BCUT2D eigenvalue weighted by atomic mass is 127. The van der Waals surface area contributed by atoms with Gasteiger partial charge in [0.15, 0.2) is 0 Å². The molecule has 0 aliphatic heterocycles. The van der Waals surface area contributed by atoms with E-state index in [9.17, 15) is 0 Å². The monoisotopic (exact) mass is 538 g/mol. The molecule has 14 heavy (non-hydrogen) atoms. The third-order valence-corrected chi connectivity index (χ3v) is 7.66. The second-order valence-corrected chi connectivity index (χ2v) is 6.65. The summed E-state index contributed by atoms with van der Waals surface area (Å²) in [6.07, 6.45) is 3.19. The normalized spacial score (nSPS) is 16.5. The minimum absolute atomic E-state index is 0.186. The molecule has 0 aromatic heterocycles. The molecular formula is C8H13I3O3. The summed E-state index contributed by atoms with van der Waals surface area (Å²) < 4.78 is 1.21. The number of halogens is 3. The Morgan fingerprint density at radius 2 is 1.79 bits per heavy atom. The Labute approximate surface area is 125 Å². The van der Waals surface area contributed by atoms with E-state index in [1.807, 2.05) is 22.6 Å². The summed E-state index contributed by atoms with van der Waals surface area (Å²) in [4.78, 5) is 0. The van der Waals surface area contributed by atoms with Crippen LogP contribution in [0.5, 0.6) is 0 Å². The molecule has 1 atom stereocenters. The van der Waals surface area contributed by atoms with Gasteiger partial charge in [0.2, 0.25) is 0 Å². The second kappa shape index (κ2) is 7.20. The van der Waals surface area contributed by atoms with Gasteiger partial charge < -0.3 is 15.3 Å². The molecule has 0 spiro atoms. The molecule has 0 amide bonds. The summed E-state index contributed by atoms with van der Waals surface area (Å²) in [6.45, 7) is 2.11. The van der Waals surface area contributed by atoms with E-state index in [-0.39, 0.29) is 7.50 Å². The van der Waals surface area contributed by atoms with Crippen molar-refractivity contribution in [3.8, 4) is 0 Å². The van der Waals surface area contributed by atoms with Gasteiger partial charge in [0.1, 0.15) is 0 Å². The molecule has 3 N–H and O–H groups in total. The summed E-state index contributed by atoms with van der Waals surface area (Å²) in [5, 5.41) is 26.9. The topological polar surface area (TPSA) is 60.7 Å². The molecule has 0 aliphatic rings. The molecule has 0 aliphatic carbocycles. The van der Waals surface area contributed by atoms with E-state index in [0.717, 1.165) is 22.8 Å². The first-order chi connectivity index (χ1) is 6.30. The molecule has 0 saturated heterocycles. The van der Waals surface area contributed by atoms with Gasteiger partial charge in [-0.1, -0.05) is 42.4 Å². The van der Waals surface area contributed by atoms with Crippen LogP contribution in [0.4, 0.5) is 0 Å². The maximum Gasteiger partial charge on any atom is 0.311 e. The van der Waals surface area contributed by atoms with Crippen molar-refractivity contribution in [1.82, 2.24) is 0 Å². The average molecular weight is 538 g/mol. The summed E-state index contributed by atoms with van der Waals surface area (Å²) in [5.41, 5.74) is 0. The van der Waals surface area contributed by atoms with Gasteiger partial charge in [-0.05, 0) is 51.6 Å². The van der Waals surface area contributed by atoms with Crippen molar-refractivity contribution in [2.45, 2.75) is 36.1 Å². The maximum absolute atomic E-state index is 8.97. The number of allylic oxidation sites excluding steroid dienone is 1. The second-order valence-electron chi connectivity index (χ2n) is 2.91. The van der Waals surface area contributed by atoms with Gasteiger partial charge in [0.25, 0.3) is 0 Å². The van der Waals surface area contributed by atoms with Crippen molar-refractivity contribution in [3.05, 3.63) is 7.16 Å². The number of hydrogen-bond donors (Lipinski definition) is 3. The minimum Gasteiger partial charge on any atom is -0.339 e. The van der Waals surface area contributed by atoms with Crippen LogP contribution in [0.15, 0.2) is 7.16 Å². The van der Waals surface area contributed by atoms with Gasteiger partial charge in [0.05, 0.1) is 3.58 Å². The lowest BCUT2D eigenvalue weighted by atomic mass is 10.2. The van der Waals surface area contributed by atoms with Gasteiger partial charge in [-0.15, -0.1) is 0 Å². The van der Waals surface area contributed by atoms with Crippen molar-refractivity contribution in [2.24, 2.45) is 0 Å². The van der Waals surface area contributed by atoms with Crippen LogP contribution in [0.1, 0.15) is 26.2 Å². The van der Waals surface area contributed by atoms with E-state index in [4.69, 9.17) is 15.3 Å². The third kappa shape index (κ3) is 5.77. The van der Waals surface area contributed by atoms with E-state index in [1.54, 1.807) is 22.6 Å². The van der Waals surface area contributed by atoms with Gasteiger partial charge in [0, 0.05) is 7.50 Å². The predicted octanol–water partition coefficient (Wildman–Crippen LogP) is 2.69. The fraction of sp³-hybridized carbons (Fsp3) is 0.750. The van der Waals surface area contributed by atoms with Crippen LogP contribution in [-0.2, 0) is 0 Å². The van der Waals surface area contributed by atoms with Crippen molar-refractivity contribution in [1.29, 1.82) is 0 Å². The molecule has 3 nitrogen and oxygen atoms in total. The molecule has 1 unspecified atom stereocenters. The Balaban J connectivity index is 4.49. The predicted molar refractivity (Wildman–Crippen MR) is 81.8 cm³/mol. The highest BCUT2D eigenvalue weighted by Gasteiger charge is 2.27. The van der Waals surface area contributed by atoms with E-state index in [0.29, 0.717) is 0 Å². The Kier molecular flexibility index (Phi) is 8.13. The summed E-state index contributed by atoms with van der Waals surface area (Å²) in [7, 11) is 0. The molecule has 0 heterocycles. The highest BCUT2D eigenvalue weighted by Crippen LogP contribution is 2.34. The minimum atomic E-state index is -2.69. The Bertz CT molecular complexity index is 210. The van der Waals surface area contributed by atoms with E-state index in [1.165, 1.54) is 0 Å². The van der Waals surface area contributed by atoms with Crippen molar-refractivity contribution < 1.29 is 15.3 Å². The molecular weight excluding hydrogens is 525 g/mol. The number of alkyl halides is 1. The average Bonchev–Trinajstić information content (AvgIpc) is 2.10. The van der Waals surface area contributed by atoms with Crippen molar-refractivity contribution >= 4 is 67.8 Å². The highest BCUT2D eigenvalue weighted by molar-refractivity contribution is 14.1. The fourth-order valence-corrected chi connectivity index (χ4v) is 3.20. The summed E-state index contributed by atoms with van der Waals surface area (Å²) in [6, 6.07) is 0. The lowest BCUT2D eigenvalue weighted by Crippen LogP contribution is -2.28.